The molecule has 0 unspecified atom stereocenters. The van der Waals surface area contributed by atoms with Gasteiger partial charge in [0.05, 0.1) is 0 Å². The van der Waals surface area contributed by atoms with Crippen molar-refractivity contribution >= 4 is 0 Å². The van der Waals surface area contributed by atoms with Crippen molar-refractivity contribution in [3.05, 3.63) is 68.3 Å². The Hall–Kier alpha value is -2.10. The van der Waals surface area contributed by atoms with Gasteiger partial charge in [0.1, 0.15) is 0 Å². The molecule has 4 nitrogen and oxygen atoms in total. The molecule has 4 heteroatoms. The van der Waals surface area contributed by atoms with Gasteiger partial charge < -0.3 is 5.10 Å². The van der Waals surface area contributed by atoms with Crippen molar-refractivity contribution in [1.82, 2.24) is 10.2 Å². The highest BCUT2D eigenvalue weighted by atomic mass is 16.2. The zero-order valence-corrected chi connectivity index (χ0v) is 9.90. The molecule has 3 rings (SSSR count). The van der Waals surface area contributed by atoms with E-state index < -0.39 is 11.0 Å². The summed E-state index contributed by atoms with van der Waals surface area (Å²) in [5, 5.41) is 5.27. The summed E-state index contributed by atoms with van der Waals surface area (Å²) in [5.74, 6) is 0. The van der Waals surface area contributed by atoms with Crippen molar-refractivity contribution in [2.24, 2.45) is 0 Å². The van der Waals surface area contributed by atoms with Crippen LogP contribution in [-0.2, 0) is 5.41 Å². The van der Waals surface area contributed by atoms with Gasteiger partial charge in [0, 0.05) is 17.2 Å². The van der Waals surface area contributed by atoms with Crippen LogP contribution in [0.1, 0.15) is 25.0 Å². The minimum absolute atomic E-state index is 0.105. The molecular formula is C14H14N2O2. The molecule has 92 valence electrons. The predicted octanol–water partition coefficient (Wildman–Crippen LogP) is 1.54. The van der Waals surface area contributed by atoms with Crippen LogP contribution in [0.3, 0.4) is 0 Å². The Morgan fingerprint density at radius 2 is 1.94 bits per heavy atom. The van der Waals surface area contributed by atoms with Gasteiger partial charge >= 0.3 is 5.56 Å². The fourth-order valence-corrected chi connectivity index (χ4v) is 2.45. The molecule has 18 heavy (non-hydrogen) atoms. The van der Waals surface area contributed by atoms with E-state index in [1.807, 2.05) is 12.2 Å². The maximum Gasteiger partial charge on any atom is 0.310 e. The van der Waals surface area contributed by atoms with E-state index in [4.69, 9.17) is 0 Å². The van der Waals surface area contributed by atoms with Crippen LogP contribution in [0, 0.1) is 0 Å². The average molecular weight is 242 g/mol. The summed E-state index contributed by atoms with van der Waals surface area (Å²) in [4.78, 5) is 22.6. The van der Waals surface area contributed by atoms with E-state index in [0.29, 0.717) is 0 Å². The first-order valence-corrected chi connectivity index (χ1v) is 6.09. The molecule has 0 spiro atoms. The molecule has 2 aliphatic carbocycles. The van der Waals surface area contributed by atoms with Crippen LogP contribution in [-0.4, -0.2) is 10.2 Å². The first-order valence-electron chi connectivity index (χ1n) is 6.09. The number of nitrogens with one attached hydrogen (secondary N) is 2. The van der Waals surface area contributed by atoms with Gasteiger partial charge in [-0.1, -0.05) is 30.4 Å². The number of hydrogen-bond donors (Lipinski definition) is 2. The van der Waals surface area contributed by atoms with Gasteiger partial charge in [-0.25, -0.2) is 0 Å². The highest BCUT2D eigenvalue weighted by Crippen LogP contribution is 2.53. The van der Waals surface area contributed by atoms with Gasteiger partial charge in [0.2, 0.25) is 5.43 Å². The smallest absolute Gasteiger partial charge is 0.301 e. The molecule has 1 saturated carbocycles. The average Bonchev–Trinajstić information content (AvgIpc) is 3.15. The monoisotopic (exact) mass is 242 g/mol. The Morgan fingerprint density at radius 1 is 1.11 bits per heavy atom. The summed E-state index contributed by atoms with van der Waals surface area (Å²) < 4.78 is 0. The lowest BCUT2D eigenvalue weighted by Crippen LogP contribution is -2.30. The molecule has 1 fully saturated rings. The van der Waals surface area contributed by atoms with Gasteiger partial charge in [0.15, 0.2) is 0 Å². The third-order valence-corrected chi connectivity index (χ3v) is 3.62. The molecule has 0 aromatic carbocycles. The van der Waals surface area contributed by atoms with Gasteiger partial charge in [-0.15, -0.1) is 0 Å². The first kappa shape index (κ1) is 11.0. The molecule has 0 saturated heterocycles. The Balaban J connectivity index is 2.05. The molecule has 0 bridgehead atoms. The number of allylic oxidation sites excluding steroid dienone is 6. The zero-order chi connectivity index (χ0) is 12.6. The van der Waals surface area contributed by atoms with E-state index in [-0.39, 0.29) is 5.41 Å². The second kappa shape index (κ2) is 3.98. The van der Waals surface area contributed by atoms with E-state index in [1.165, 1.54) is 11.6 Å². The van der Waals surface area contributed by atoms with Crippen LogP contribution in [0.4, 0.5) is 0 Å². The molecule has 0 atom stereocenters. The molecule has 2 N–H and O–H groups in total. The lowest BCUT2D eigenvalue weighted by molar-refractivity contribution is 0.752. The SMILES string of the molecule is O=c1cc(C2(C3=CCC=CC=C3)CC2)[nH][nH]c1=O. The highest BCUT2D eigenvalue weighted by molar-refractivity contribution is 5.45. The molecular weight excluding hydrogens is 228 g/mol. The van der Waals surface area contributed by atoms with Crippen LogP contribution in [0.2, 0.25) is 0 Å². The number of aromatic amines is 2. The summed E-state index contributed by atoms with van der Waals surface area (Å²) in [7, 11) is 0. The van der Waals surface area contributed by atoms with E-state index >= 15 is 0 Å². The second-order valence-electron chi connectivity index (χ2n) is 4.77. The third-order valence-electron chi connectivity index (χ3n) is 3.62. The molecule has 0 aliphatic heterocycles. The van der Waals surface area contributed by atoms with Crippen molar-refractivity contribution in [3.8, 4) is 0 Å². The molecule has 1 heterocycles. The fourth-order valence-electron chi connectivity index (χ4n) is 2.45. The van der Waals surface area contributed by atoms with Crippen molar-refractivity contribution in [1.29, 1.82) is 0 Å². The molecule has 0 amide bonds. The Morgan fingerprint density at radius 3 is 2.67 bits per heavy atom. The number of hydrogen-bond acceptors (Lipinski definition) is 2. The lowest BCUT2D eigenvalue weighted by Gasteiger charge is -2.16. The minimum atomic E-state index is -0.596. The van der Waals surface area contributed by atoms with Crippen LogP contribution >= 0.6 is 0 Å². The Bertz CT molecular complexity index is 670. The van der Waals surface area contributed by atoms with Crippen LogP contribution in [0.25, 0.3) is 0 Å². The summed E-state index contributed by atoms with van der Waals surface area (Å²) >= 11 is 0. The molecule has 1 aromatic rings. The summed E-state index contributed by atoms with van der Waals surface area (Å²) in [5.41, 5.74) is 0.847. The van der Waals surface area contributed by atoms with Crippen LogP contribution in [0.5, 0.6) is 0 Å². The molecule has 0 radical (unpaired) electrons. The molecule has 2 aliphatic rings. The first-order chi connectivity index (χ1) is 8.72. The number of aromatic nitrogens is 2. The van der Waals surface area contributed by atoms with Crippen molar-refractivity contribution in [2.45, 2.75) is 24.7 Å². The van der Waals surface area contributed by atoms with Crippen LogP contribution in [0.15, 0.2) is 51.6 Å². The van der Waals surface area contributed by atoms with Crippen molar-refractivity contribution in [3.63, 3.8) is 0 Å². The largest absolute Gasteiger partial charge is 0.310 e. The number of rotatable bonds is 2. The normalized spacial score (nSPS) is 20.3. The standard InChI is InChI=1S/C14H14N2O2/c17-11-9-12(15-16-13(11)18)14(7-8-14)10-5-3-1-2-4-6-10/h1-3,5-6,9H,4,7-8H2,(H,15,17)(H,16,18). The third kappa shape index (κ3) is 1.70. The van der Waals surface area contributed by atoms with Gasteiger partial charge in [-0.2, -0.15) is 0 Å². The van der Waals surface area contributed by atoms with Crippen LogP contribution < -0.4 is 11.0 Å². The second-order valence-corrected chi connectivity index (χ2v) is 4.77. The fraction of sp³-hybridized carbons (Fsp3) is 0.286. The lowest BCUT2D eigenvalue weighted by atomic mass is 9.91. The van der Waals surface area contributed by atoms with Crippen molar-refractivity contribution < 1.29 is 0 Å². The van der Waals surface area contributed by atoms with Crippen molar-refractivity contribution in [2.75, 3.05) is 0 Å². The van der Waals surface area contributed by atoms with E-state index in [0.717, 1.165) is 25.0 Å². The van der Waals surface area contributed by atoms with E-state index in [9.17, 15) is 9.59 Å². The Kier molecular flexibility index (Phi) is 2.44. The highest BCUT2D eigenvalue weighted by Gasteiger charge is 2.47. The summed E-state index contributed by atoms with van der Waals surface area (Å²) in [6.07, 6.45) is 13.3. The topological polar surface area (TPSA) is 65.7 Å². The maximum absolute atomic E-state index is 11.5. The van der Waals surface area contributed by atoms with E-state index in [1.54, 1.807) is 0 Å². The summed E-state index contributed by atoms with van der Waals surface area (Å²) in [6, 6.07) is 1.43. The number of H-pyrrole nitrogens is 2. The van der Waals surface area contributed by atoms with E-state index in [2.05, 4.69) is 28.4 Å². The summed E-state index contributed by atoms with van der Waals surface area (Å²) in [6.45, 7) is 0. The maximum atomic E-state index is 11.5. The minimum Gasteiger partial charge on any atom is -0.301 e. The predicted molar refractivity (Wildman–Crippen MR) is 69.6 cm³/mol. The Labute approximate surface area is 104 Å². The van der Waals surface area contributed by atoms with Gasteiger partial charge in [-0.05, 0) is 24.8 Å². The van der Waals surface area contributed by atoms with Gasteiger partial charge in [0.25, 0.3) is 0 Å². The quantitative estimate of drug-likeness (QED) is 0.772. The zero-order valence-electron chi connectivity index (χ0n) is 9.90. The van der Waals surface area contributed by atoms with Gasteiger partial charge in [-0.3, -0.25) is 14.7 Å². The molecule has 1 aromatic heterocycles.